The molecular formula is C14H21N. The molecule has 1 heteroatoms. The van der Waals surface area contributed by atoms with Gasteiger partial charge in [0, 0.05) is 12.2 Å². The number of hydrogen-bond acceptors (Lipinski definition) is 1. The molecule has 0 unspecified atom stereocenters. The van der Waals surface area contributed by atoms with E-state index in [4.69, 9.17) is 0 Å². The second kappa shape index (κ2) is 4.69. The van der Waals surface area contributed by atoms with Gasteiger partial charge in [0.15, 0.2) is 0 Å². The Morgan fingerprint density at radius 1 is 1.20 bits per heavy atom. The first-order valence-corrected chi connectivity index (χ1v) is 6.12. The Morgan fingerprint density at radius 2 is 2.00 bits per heavy atom. The first kappa shape index (κ1) is 10.5. The van der Waals surface area contributed by atoms with Crippen molar-refractivity contribution in [2.45, 2.75) is 39.5 Å². The van der Waals surface area contributed by atoms with Gasteiger partial charge in [0.25, 0.3) is 0 Å². The van der Waals surface area contributed by atoms with Gasteiger partial charge in [-0.15, -0.1) is 0 Å². The summed E-state index contributed by atoms with van der Waals surface area (Å²) in [6.45, 7) is 5.58. The van der Waals surface area contributed by atoms with Crippen molar-refractivity contribution in [1.82, 2.24) is 0 Å². The van der Waals surface area contributed by atoms with Gasteiger partial charge < -0.3 is 5.32 Å². The number of hydrogen-bond donors (Lipinski definition) is 1. The highest BCUT2D eigenvalue weighted by atomic mass is 14.9. The van der Waals surface area contributed by atoms with Crippen LogP contribution in [0.2, 0.25) is 0 Å². The van der Waals surface area contributed by atoms with E-state index in [0.29, 0.717) is 5.92 Å². The number of anilines is 1. The molecule has 0 amide bonds. The molecule has 0 heterocycles. The van der Waals surface area contributed by atoms with E-state index >= 15 is 0 Å². The molecule has 0 aliphatic heterocycles. The normalized spacial score (nSPS) is 15.1. The van der Waals surface area contributed by atoms with E-state index in [1.165, 1.54) is 31.4 Å². The van der Waals surface area contributed by atoms with Crippen LogP contribution < -0.4 is 5.32 Å². The summed E-state index contributed by atoms with van der Waals surface area (Å²) in [5.74, 6) is 0.712. The van der Waals surface area contributed by atoms with E-state index in [-0.39, 0.29) is 0 Å². The molecule has 0 radical (unpaired) electrons. The Kier molecular flexibility index (Phi) is 3.30. The smallest absolute Gasteiger partial charge is 0.0375 e. The third-order valence-electron chi connectivity index (χ3n) is 3.10. The van der Waals surface area contributed by atoms with Crippen LogP contribution in [0, 0.1) is 5.92 Å². The summed E-state index contributed by atoms with van der Waals surface area (Å²) in [5.41, 5.74) is 4.51. The summed E-state index contributed by atoms with van der Waals surface area (Å²) in [4.78, 5) is 0. The van der Waals surface area contributed by atoms with Crippen LogP contribution in [-0.4, -0.2) is 6.54 Å². The third-order valence-corrected chi connectivity index (χ3v) is 3.10. The molecule has 2 rings (SSSR count). The summed E-state index contributed by atoms with van der Waals surface area (Å²) in [5, 5.41) is 3.57. The van der Waals surface area contributed by atoms with Gasteiger partial charge >= 0.3 is 0 Å². The number of nitrogens with one attached hydrogen (secondary N) is 1. The predicted octanol–water partition coefficient (Wildman–Crippen LogP) is 3.63. The summed E-state index contributed by atoms with van der Waals surface area (Å²) >= 11 is 0. The second-order valence-electron chi connectivity index (χ2n) is 4.93. The van der Waals surface area contributed by atoms with E-state index in [9.17, 15) is 0 Å². The van der Waals surface area contributed by atoms with Gasteiger partial charge in [-0.1, -0.05) is 26.0 Å². The van der Waals surface area contributed by atoms with Crippen LogP contribution in [-0.2, 0) is 12.8 Å². The Bertz CT molecular complexity index is 328. The van der Waals surface area contributed by atoms with Crippen molar-refractivity contribution in [3.05, 3.63) is 29.3 Å². The van der Waals surface area contributed by atoms with Crippen molar-refractivity contribution >= 4 is 5.69 Å². The standard InChI is InChI=1S/C14H21N/c1-11(2)10-15-14-9-5-7-12-6-3-4-8-13(12)14/h5,7,9,11,15H,3-4,6,8,10H2,1-2H3. The Morgan fingerprint density at radius 3 is 2.80 bits per heavy atom. The fraction of sp³-hybridized carbons (Fsp3) is 0.571. The van der Waals surface area contributed by atoms with Crippen LogP contribution in [0.1, 0.15) is 37.8 Å². The van der Waals surface area contributed by atoms with Crippen molar-refractivity contribution in [3.63, 3.8) is 0 Å². The second-order valence-corrected chi connectivity index (χ2v) is 4.93. The molecule has 0 fully saturated rings. The minimum absolute atomic E-state index is 0.712. The predicted molar refractivity (Wildman–Crippen MR) is 66.4 cm³/mol. The van der Waals surface area contributed by atoms with Crippen molar-refractivity contribution < 1.29 is 0 Å². The van der Waals surface area contributed by atoms with Crippen molar-refractivity contribution in [2.24, 2.45) is 5.92 Å². The molecule has 0 saturated heterocycles. The van der Waals surface area contributed by atoms with Crippen LogP contribution in [0.3, 0.4) is 0 Å². The zero-order valence-corrected chi connectivity index (χ0v) is 9.84. The lowest BCUT2D eigenvalue weighted by Crippen LogP contribution is -2.12. The lowest BCUT2D eigenvalue weighted by Gasteiger charge is -2.20. The largest absolute Gasteiger partial charge is 0.385 e. The zero-order valence-electron chi connectivity index (χ0n) is 9.84. The van der Waals surface area contributed by atoms with E-state index < -0.39 is 0 Å². The van der Waals surface area contributed by atoms with Crippen molar-refractivity contribution in [2.75, 3.05) is 11.9 Å². The highest BCUT2D eigenvalue weighted by Crippen LogP contribution is 2.27. The molecular weight excluding hydrogens is 182 g/mol. The fourth-order valence-electron chi connectivity index (χ4n) is 2.26. The summed E-state index contributed by atoms with van der Waals surface area (Å²) < 4.78 is 0. The number of fused-ring (bicyclic) bond motifs is 1. The molecule has 1 aromatic rings. The molecule has 15 heavy (non-hydrogen) atoms. The monoisotopic (exact) mass is 203 g/mol. The average Bonchev–Trinajstić information content (AvgIpc) is 2.26. The first-order valence-electron chi connectivity index (χ1n) is 6.12. The molecule has 1 aromatic carbocycles. The van der Waals surface area contributed by atoms with Gasteiger partial charge in [0.1, 0.15) is 0 Å². The van der Waals surface area contributed by atoms with Gasteiger partial charge in [0.2, 0.25) is 0 Å². The molecule has 0 aromatic heterocycles. The molecule has 0 saturated carbocycles. The minimum atomic E-state index is 0.712. The molecule has 1 aliphatic rings. The van der Waals surface area contributed by atoms with Gasteiger partial charge in [-0.05, 0) is 48.8 Å². The van der Waals surface area contributed by atoms with Crippen LogP contribution in [0.5, 0.6) is 0 Å². The summed E-state index contributed by atoms with van der Waals surface area (Å²) in [7, 11) is 0. The van der Waals surface area contributed by atoms with Gasteiger partial charge in [0.05, 0.1) is 0 Å². The minimum Gasteiger partial charge on any atom is -0.385 e. The average molecular weight is 203 g/mol. The van der Waals surface area contributed by atoms with Crippen LogP contribution >= 0.6 is 0 Å². The van der Waals surface area contributed by atoms with E-state index in [2.05, 4.69) is 37.4 Å². The molecule has 0 spiro atoms. The van der Waals surface area contributed by atoms with E-state index in [0.717, 1.165) is 6.54 Å². The number of aryl methyl sites for hydroxylation is 1. The SMILES string of the molecule is CC(C)CNc1cccc2c1CCCC2. The topological polar surface area (TPSA) is 12.0 Å². The maximum Gasteiger partial charge on any atom is 0.0375 e. The van der Waals surface area contributed by atoms with E-state index in [1.54, 1.807) is 11.1 Å². The van der Waals surface area contributed by atoms with Gasteiger partial charge in [-0.3, -0.25) is 0 Å². The summed E-state index contributed by atoms with van der Waals surface area (Å²) in [6.07, 6.45) is 5.25. The van der Waals surface area contributed by atoms with E-state index in [1.807, 2.05) is 0 Å². The maximum absolute atomic E-state index is 3.57. The van der Waals surface area contributed by atoms with Crippen molar-refractivity contribution in [3.8, 4) is 0 Å². The highest BCUT2D eigenvalue weighted by molar-refractivity contribution is 5.55. The van der Waals surface area contributed by atoms with Gasteiger partial charge in [-0.2, -0.15) is 0 Å². The van der Waals surface area contributed by atoms with Crippen LogP contribution in [0.15, 0.2) is 18.2 Å². The maximum atomic E-state index is 3.57. The van der Waals surface area contributed by atoms with Gasteiger partial charge in [-0.25, -0.2) is 0 Å². The number of benzene rings is 1. The fourth-order valence-corrected chi connectivity index (χ4v) is 2.26. The summed E-state index contributed by atoms with van der Waals surface area (Å²) in [6, 6.07) is 6.70. The van der Waals surface area contributed by atoms with Crippen molar-refractivity contribution in [1.29, 1.82) is 0 Å². The molecule has 82 valence electrons. The quantitative estimate of drug-likeness (QED) is 0.791. The first-order chi connectivity index (χ1) is 7.27. The Labute approximate surface area is 92.9 Å². The molecule has 0 atom stereocenters. The number of rotatable bonds is 3. The Hall–Kier alpha value is -0.980. The molecule has 1 N–H and O–H groups in total. The molecule has 1 nitrogen and oxygen atoms in total. The lowest BCUT2D eigenvalue weighted by atomic mass is 9.90. The zero-order chi connectivity index (χ0) is 10.7. The highest BCUT2D eigenvalue weighted by Gasteiger charge is 2.12. The van der Waals surface area contributed by atoms with Crippen LogP contribution in [0.25, 0.3) is 0 Å². The lowest BCUT2D eigenvalue weighted by molar-refractivity contribution is 0.674. The Balaban J connectivity index is 2.16. The molecule has 0 bridgehead atoms. The van der Waals surface area contributed by atoms with Crippen LogP contribution in [0.4, 0.5) is 5.69 Å². The third kappa shape index (κ3) is 2.53. The molecule has 1 aliphatic carbocycles.